The molecule has 3 aromatic rings. The summed E-state index contributed by atoms with van der Waals surface area (Å²) in [6.45, 7) is 0.345. The summed E-state index contributed by atoms with van der Waals surface area (Å²) in [6, 6.07) is 10.3. The fourth-order valence-corrected chi connectivity index (χ4v) is 2.59. The highest BCUT2D eigenvalue weighted by Crippen LogP contribution is 2.38. The van der Waals surface area contributed by atoms with Crippen molar-refractivity contribution in [2.45, 2.75) is 0 Å². The van der Waals surface area contributed by atoms with Crippen molar-refractivity contribution in [3.8, 4) is 52.5 Å². The standard InChI is InChI=1S/C18H13N3O7/c1-22-16-19-17(27-10-2-4-12-14(6-10)25-8-23-12)21-18(20-16)28-11-3-5-13-15(7-11)26-9-24-13/h2-7H,8-9H2,1H3. The van der Waals surface area contributed by atoms with Gasteiger partial charge in [-0.25, -0.2) is 0 Å². The van der Waals surface area contributed by atoms with Crippen molar-refractivity contribution < 1.29 is 33.2 Å². The van der Waals surface area contributed by atoms with E-state index in [0.717, 1.165) is 0 Å². The second-order valence-electron chi connectivity index (χ2n) is 5.62. The molecule has 1 aromatic heterocycles. The fraction of sp³-hybridized carbons (Fsp3) is 0.167. The SMILES string of the molecule is COc1nc(Oc2ccc3c(c2)OCO3)nc(Oc2ccc3c(c2)OCO3)n1. The summed E-state index contributed by atoms with van der Waals surface area (Å²) in [5.74, 6) is 3.38. The number of aromatic nitrogens is 3. The maximum absolute atomic E-state index is 5.70. The van der Waals surface area contributed by atoms with Crippen LogP contribution in [-0.4, -0.2) is 35.6 Å². The Morgan fingerprint density at radius 2 is 1.11 bits per heavy atom. The van der Waals surface area contributed by atoms with Crippen molar-refractivity contribution >= 4 is 0 Å². The van der Waals surface area contributed by atoms with Gasteiger partial charge in [0.1, 0.15) is 11.5 Å². The average Bonchev–Trinajstić information content (AvgIpc) is 3.36. The normalized spacial score (nSPS) is 13.3. The number of hydrogen-bond donors (Lipinski definition) is 0. The molecule has 0 fully saturated rings. The number of ether oxygens (including phenoxy) is 7. The van der Waals surface area contributed by atoms with Crippen molar-refractivity contribution in [1.82, 2.24) is 15.0 Å². The summed E-state index contributed by atoms with van der Waals surface area (Å²) in [5, 5.41) is 0. The van der Waals surface area contributed by atoms with Crippen LogP contribution in [0.25, 0.3) is 0 Å². The number of benzene rings is 2. The lowest BCUT2D eigenvalue weighted by atomic mass is 10.3. The molecule has 3 heterocycles. The van der Waals surface area contributed by atoms with Crippen LogP contribution < -0.4 is 33.2 Å². The maximum Gasteiger partial charge on any atom is 0.331 e. The molecular formula is C18H13N3O7. The van der Waals surface area contributed by atoms with E-state index < -0.39 is 0 Å². The Morgan fingerprint density at radius 1 is 0.643 bits per heavy atom. The van der Waals surface area contributed by atoms with Gasteiger partial charge in [-0.05, 0) is 24.3 Å². The van der Waals surface area contributed by atoms with Crippen LogP contribution in [0.2, 0.25) is 0 Å². The van der Waals surface area contributed by atoms with Crippen LogP contribution >= 0.6 is 0 Å². The molecule has 0 atom stereocenters. The Labute approximate surface area is 158 Å². The molecule has 0 N–H and O–H groups in total. The molecule has 5 rings (SSSR count). The molecule has 10 nitrogen and oxygen atoms in total. The Balaban J connectivity index is 1.40. The van der Waals surface area contributed by atoms with E-state index in [4.69, 9.17) is 33.2 Å². The molecule has 10 heteroatoms. The van der Waals surface area contributed by atoms with Crippen LogP contribution in [0.4, 0.5) is 0 Å². The zero-order chi connectivity index (χ0) is 18.9. The summed E-state index contributed by atoms with van der Waals surface area (Å²) < 4.78 is 37.7. The molecule has 0 aliphatic carbocycles. The summed E-state index contributed by atoms with van der Waals surface area (Å²) in [4.78, 5) is 12.3. The summed E-state index contributed by atoms with van der Waals surface area (Å²) in [5.41, 5.74) is 0. The summed E-state index contributed by atoms with van der Waals surface area (Å²) in [7, 11) is 1.43. The predicted molar refractivity (Wildman–Crippen MR) is 91.7 cm³/mol. The van der Waals surface area contributed by atoms with Crippen LogP contribution in [0, 0.1) is 0 Å². The molecule has 0 radical (unpaired) electrons. The largest absolute Gasteiger partial charge is 0.467 e. The average molecular weight is 383 g/mol. The smallest absolute Gasteiger partial charge is 0.331 e. The molecule has 2 aliphatic heterocycles. The van der Waals surface area contributed by atoms with Crippen molar-refractivity contribution in [3.63, 3.8) is 0 Å². The van der Waals surface area contributed by atoms with Crippen molar-refractivity contribution in [2.24, 2.45) is 0 Å². The quantitative estimate of drug-likeness (QED) is 0.653. The van der Waals surface area contributed by atoms with Crippen LogP contribution in [0.5, 0.6) is 52.5 Å². The Hall–Kier alpha value is -3.95. The fourth-order valence-electron chi connectivity index (χ4n) is 2.59. The maximum atomic E-state index is 5.70. The number of fused-ring (bicyclic) bond motifs is 2. The van der Waals surface area contributed by atoms with Gasteiger partial charge in [0.2, 0.25) is 13.6 Å². The third kappa shape index (κ3) is 3.11. The Bertz CT molecular complexity index is 966. The molecule has 0 bridgehead atoms. The Morgan fingerprint density at radius 3 is 1.61 bits per heavy atom. The molecule has 0 spiro atoms. The molecule has 2 aromatic carbocycles. The first-order valence-corrected chi connectivity index (χ1v) is 8.22. The summed E-state index contributed by atoms with van der Waals surface area (Å²) >= 11 is 0. The third-order valence-electron chi connectivity index (χ3n) is 3.86. The lowest BCUT2D eigenvalue weighted by molar-refractivity contribution is 0.173. The van der Waals surface area contributed by atoms with E-state index in [1.807, 2.05) is 0 Å². The Kier molecular flexibility index (Phi) is 3.86. The molecule has 0 unspecified atom stereocenters. The summed E-state index contributed by atoms with van der Waals surface area (Å²) in [6.07, 6.45) is 0. The molecule has 2 aliphatic rings. The highest BCUT2D eigenvalue weighted by molar-refractivity contribution is 5.48. The second kappa shape index (κ2) is 6.65. The first-order chi connectivity index (χ1) is 13.8. The molecule has 0 amide bonds. The van der Waals surface area contributed by atoms with Gasteiger partial charge in [-0.1, -0.05) is 0 Å². The topological polar surface area (TPSA) is 103 Å². The highest BCUT2D eigenvalue weighted by atomic mass is 16.7. The number of nitrogens with zero attached hydrogens (tertiary/aromatic N) is 3. The van der Waals surface area contributed by atoms with Gasteiger partial charge in [0.25, 0.3) is 0 Å². The molecule has 0 saturated carbocycles. The number of rotatable bonds is 5. The van der Waals surface area contributed by atoms with Gasteiger partial charge in [-0.15, -0.1) is 15.0 Å². The highest BCUT2D eigenvalue weighted by Gasteiger charge is 2.18. The van der Waals surface area contributed by atoms with Crippen LogP contribution in [0.3, 0.4) is 0 Å². The van der Waals surface area contributed by atoms with Crippen LogP contribution in [0.15, 0.2) is 36.4 Å². The molecule has 28 heavy (non-hydrogen) atoms. The van der Waals surface area contributed by atoms with Crippen LogP contribution in [0.1, 0.15) is 0 Å². The van der Waals surface area contributed by atoms with E-state index in [9.17, 15) is 0 Å². The van der Waals surface area contributed by atoms with Crippen molar-refractivity contribution in [2.75, 3.05) is 20.7 Å². The molecule has 142 valence electrons. The first kappa shape index (κ1) is 16.2. The number of hydrogen-bond acceptors (Lipinski definition) is 10. The van der Waals surface area contributed by atoms with E-state index in [2.05, 4.69) is 15.0 Å². The van der Waals surface area contributed by atoms with Crippen molar-refractivity contribution in [3.05, 3.63) is 36.4 Å². The van der Waals surface area contributed by atoms with Gasteiger partial charge < -0.3 is 33.2 Å². The van der Waals surface area contributed by atoms with E-state index in [-0.39, 0.29) is 31.6 Å². The van der Waals surface area contributed by atoms with Gasteiger partial charge in [-0.3, -0.25) is 0 Å². The number of methoxy groups -OCH3 is 1. The predicted octanol–water partition coefficient (Wildman–Crippen LogP) is 2.92. The zero-order valence-corrected chi connectivity index (χ0v) is 14.6. The van der Waals surface area contributed by atoms with E-state index >= 15 is 0 Å². The van der Waals surface area contributed by atoms with E-state index in [0.29, 0.717) is 34.5 Å². The van der Waals surface area contributed by atoms with Gasteiger partial charge in [-0.2, -0.15) is 0 Å². The third-order valence-corrected chi connectivity index (χ3v) is 3.86. The van der Waals surface area contributed by atoms with Crippen LogP contribution in [-0.2, 0) is 0 Å². The van der Waals surface area contributed by atoms with Crippen molar-refractivity contribution in [1.29, 1.82) is 0 Å². The first-order valence-electron chi connectivity index (χ1n) is 8.22. The lowest BCUT2D eigenvalue weighted by Crippen LogP contribution is -2.01. The second-order valence-corrected chi connectivity index (χ2v) is 5.62. The van der Waals surface area contributed by atoms with Gasteiger partial charge >= 0.3 is 18.0 Å². The minimum atomic E-state index is 0.00135. The molecular weight excluding hydrogens is 370 g/mol. The van der Waals surface area contributed by atoms with Gasteiger partial charge in [0.05, 0.1) is 7.11 Å². The zero-order valence-electron chi connectivity index (χ0n) is 14.6. The van der Waals surface area contributed by atoms with E-state index in [1.54, 1.807) is 36.4 Å². The molecule has 0 saturated heterocycles. The minimum absolute atomic E-state index is 0.00135. The van der Waals surface area contributed by atoms with Gasteiger partial charge in [0.15, 0.2) is 23.0 Å². The minimum Gasteiger partial charge on any atom is -0.467 e. The lowest BCUT2D eigenvalue weighted by Gasteiger charge is -2.09. The van der Waals surface area contributed by atoms with E-state index in [1.165, 1.54) is 7.11 Å². The monoisotopic (exact) mass is 383 g/mol. The van der Waals surface area contributed by atoms with Gasteiger partial charge in [0, 0.05) is 12.1 Å².